The summed E-state index contributed by atoms with van der Waals surface area (Å²) in [5, 5.41) is 10.9. The minimum atomic E-state index is -0.897. The minimum absolute atomic E-state index is 0.356. The van der Waals surface area contributed by atoms with E-state index in [2.05, 4.69) is 4.98 Å². The number of benzene rings is 2. The van der Waals surface area contributed by atoms with Gasteiger partial charge in [-0.05, 0) is 23.3 Å². The SMILES string of the molecule is COc1cc2[nH]c3c(c2cc1Cl)Cc1c(C(=O)O)cccc1-3. The zero-order valence-electron chi connectivity index (χ0n) is 11.7. The molecule has 110 valence electrons. The van der Waals surface area contributed by atoms with E-state index in [1.54, 1.807) is 19.2 Å². The Bertz CT molecular complexity index is 943. The third kappa shape index (κ3) is 1.67. The number of carboxylic acids is 1. The van der Waals surface area contributed by atoms with Crippen LogP contribution in [0.25, 0.3) is 22.2 Å². The monoisotopic (exact) mass is 313 g/mol. The number of halogens is 1. The van der Waals surface area contributed by atoms with Gasteiger partial charge in [0.05, 0.1) is 23.4 Å². The maximum atomic E-state index is 11.4. The van der Waals surface area contributed by atoms with Gasteiger partial charge in [-0.1, -0.05) is 23.7 Å². The molecule has 0 saturated heterocycles. The van der Waals surface area contributed by atoms with Gasteiger partial charge in [-0.15, -0.1) is 0 Å². The molecule has 0 amide bonds. The molecule has 1 aliphatic rings. The van der Waals surface area contributed by atoms with Gasteiger partial charge in [0.2, 0.25) is 0 Å². The standard InChI is InChI=1S/C17H12ClNO3/c1-22-15-7-14-11(6-13(15)18)12-5-10-8(16(12)19-14)3-2-4-9(10)17(20)21/h2-4,6-7,19H,5H2,1H3,(H,20,21). The molecule has 5 heteroatoms. The van der Waals surface area contributed by atoms with E-state index in [-0.39, 0.29) is 0 Å². The Kier molecular flexibility index (Phi) is 2.71. The van der Waals surface area contributed by atoms with Crippen molar-refractivity contribution in [3.63, 3.8) is 0 Å². The quantitative estimate of drug-likeness (QED) is 0.585. The molecule has 0 fully saturated rings. The highest BCUT2D eigenvalue weighted by atomic mass is 35.5. The smallest absolute Gasteiger partial charge is 0.335 e. The highest BCUT2D eigenvalue weighted by Crippen LogP contribution is 2.43. The Hall–Kier alpha value is -2.46. The van der Waals surface area contributed by atoms with Crippen LogP contribution >= 0.6 is 11.6 Å². The molecule has 4 rings (SSSR count). The van der Waals surface area contributed by atoms with E-state index in [4.69, 9.17) is 16.3 Å². The van der Waals surface area contributed by atoms with Gasteiger partial charge in [0.15, 0.2) is 0 Å². The highest BCUT2D eigenvalue weighted by Gasteiger charge is 2.27. The predicted octanol–water partition coefficient (Wildman–Crippen LogP) is 4.10. The molecule has 0 radical (unpaired) electrons. The third-order valence-corrected chi connectivity index (χ3v) is 4.50. The Morgan fingerprint density at radius 2 is 2.14 bits per heavy atom. The first-order chi connectivity index (χ1) is 10.6. The Morgan fingerprint density at radius 1 is 1.32 bits per heavy atom. The molecule has 0 atom stereocenters. The lowest BCUT2D eigenvalue weighted by atomic mass is 10.0. The van der Waals surface area contributed by atoms with Crippen molar-refractivity contribution in [1.82, 2.24) is 4.98 Å². The molecule has 3 aromatic rings. The Balaban J connectivity index is 1.99. The summed E-state index contributed by atoms with van der Waals surface area (Å²) >= 11 is 6.22. The molecule has 2 aromatic carbocycles. The second-order valence-electron chi connectivity index (χ2n) is 5.32. The van der Waals surface area contributed by atoms with Crippen molar-refractivity contribution in [3.8, 4) is 17.0 Å². The molecule has 0 bridgehead atoms. The zero-order chi connectivity index (χ0) is 15.4. The largest absolute Gasteiger partial charge is 0.495 e. The topological polar surface area (TPSA) is 62.3 Å². The molecule has 2 N–H and O–H groups in total. The molecular weight excluding hydrogens is 302 g/mol. The summed E-state index contributed by atoms with van der Waals surface area (Å²) in [6.07, 6.45) is 0.593. The van der Waals surface area contributed by atoms with Crippen LogP contribution in [0.4, 0.5) is 0 Å². The van der Waals surface area contributed by atoms with E-state index < -0.39 is 5.97 Å². The van der Waals surface area contributed by atoms with Crippen molar-refractivity contribution in [2.24, 2.45) is 0 Å². The molecule has 1 aliphatic carbocycles. The van der Waals surface area contributed by atoms with Gasteiger partial charge in [-0.3, -0.25) is 0 Å². The second-order valence-corrected chi connectivity index (χ2v) is 5.73. The van der Waals surface area contributed by atoms with Crippen molar-refractivity contribution in [2.45, 2.75) is 6.42 Å². The van der Waals surface area contributed by atoms with Gasteiger partial charge >= 0.3 is 5.97 Å². The van der Waals surface area contributed by atoms with Crippen LogP contribution in [0.3, 0.4) is 0 Å². The van der Waals surface area contributed by atoms with Gasteiger partial charge in [0.25, 0.3) is 0 Å². The van der Waals surface area contributed by atoms with E-state index >= 15 is 0 Å². The predicted molar refractivity (Wildman–Crippen MR) is 85.1 cm³/mol. The lowest BCUT2D eigenvalue weighted by Crippen LogP contribution is -2.01. The Morgan fingerprint density at radius 3 is 2.86 bits per heavy atom. The number of ether oxygens (including phenoxy) is 1. The van der Waals surface area contributed by atoms with E-state index in [1.165, 1.54) is 0 Å². The van der Waals surface area contributed by atoms with Crippen LogP contribution in [-0.2, 0) is 6.42 Å². The summed E-state index contributed by atoms with van der Waals surface area (Å²) in [6.45, 7) is 0. The van der Waals surface area contributed by atoms with Gasteiger partial charge in [0.1, 0.15) is 5.75 Å². The normalized spacial score (nSPS) is 12.3. The molecule has 0 unspecified atom stereocenters. The highest BCUT2D eigenvalue weighted by molar-refractivity contribution is 6.33. The number of nitrogens with one attached hydrogen (secondary N) is 1. The van der Waals surface area contributed by atoms with Gasteiger partial charge < -0.3 is 14.8 Å². The van der Waals surface area contributed by atoms with Gasteiger partial charge in [0, 0.05) is 29.0 Å². The summed E-state index contributed by atoms with van der Waals surface area (Å²) < 4.78 is 5.24. The van der Waals surface area contributed by atoms with Crippen LogP contribution in [0.15, 0.2) is 30.3 Å². The maximum Gasteiger partial charge on any atom is 0.335 e. The van der Waals surface area contributed by atoms with E-state index in [0.29, 0.717) is 22.8 Å². The van der Waals surface area contributed by atoms with Crippen LogP contribution in [-0.4, -0.2) is 23.2 Å². The van der Waals surface area contributed by atoms with Crippen LogP contribution in [0, 0.1) is 0 Å². The first-order valence-corrected chi connectivity index (χ1v) is 7.21. The van der Waals surface area contributed by atoms with Crippen LogP contribution < -0.4 is 4.74 Å². The van der Waals surface area contributed by atoms with E-state index in [1.807, 2.05) is 18.2 Å². The van der Waals surface area contributed by atoms with Crippen molar-refractivity contribution < 1.29 is 14.6 Å². The average molecular weight is 314 g/mol. The molecule has 1 heterocycles. The summed E-state index contributed by atoms with van der Waals surface area (Å²) in [5.74, 6) is -0.278. The van der Waals surface area contributed by atoms with Crippen molar-refractivity contribution >= 4 is 28.5 Å². The van der Waals surface area contributed by atoms with Crippen LogP contribution in [0.5, 0.6) is 5.75 Å². The summed E-state index contributed by atoms with van der Waals surface area (Å²) in [7, 11) is 1.58. The first kappa shape index (κ1) is 13.2. The van der Waals surface area contributed by atoms with Crippen molar-refractivity contribution in [2.75, 3.05) is 7.11 Å². The third-order valence-electron chi connectivity index (χ3n) is 4.21. The minimum Gasteiger partial charge on any atom is -0.495 e. The summed E-state index contributed by atoms with van der Waals surface area (Å²) in [4.78, 5) is 14.8. The zero-order valence-corrected chi connectivity index (χ0v) is 12.5. The molecular formula is C17H12ClNO3. The summed E-state index contributed by atoms with van der Waals surface area (Å²) in [5.41, 5.74) is 5.15. The van der Waals surface area contributed by atoms with Gasteiger partial charge in [-0.25, -0.2) is 4.79 Å². The molecule has 0 spiro atoms. The average Bonchev–Trinajstić information content (AvgIpc) is 3.02. The number of carbonyl (C=O) groups is 1. The number of hydrogen-bond donors (Lipinski definition) is 2. The maximum absolute atomic E-state index is 11.4. The van der Waals surface area contributed by atoms with Crippen LogP contribution in [0.2, 0.25) is 5.02 Å². The van der Waals surface area contributed by atoms with Crippen molar-refractivity contribution in [3.05, 3.63) is 52.0 Å². The summed E-state index contributed by atoms with van der Waals surface area (Å²) in [6, 6.07) is 9.11. The fourth-order valence-electron chi connectivity index (χ4n) is 3.21. The number of carboxylic acid groups (broad SMARTS) is 1. The number of fused-ring (bicyclic) bond motifs is 5. The first-order valence-electron chi connectivity index (χ1n) is 6.83. The number of aromatic amines is 1. The molecule has 0 aliphatic heterocycles. The van der Waals surface area contributed by atoms with E-state index in [9.17, 15) is 9.90 Å². The van der Waals surface area contributed by atoms with E-state index in [0.717, 1.165) is 33.3 Å². The number of rotatable bonds is 2. The molecule has 0 saturated carbocycles. The number of hydrogen-bond acceptors (Lipinski definition) is 2. The lowest BCUT2D eigenvalue weighted by Gasteiger charge is -2.06. The molecule has 4 nitrogen and oxygen atoms in total. The fraction of sp³-hybridized carbons (Fsp3) is 0.118. The fourth-order valence-corrected chi connectivity index (χ4v) is 3.45. The molecule has 1 aromatic heterocycles. The van der Waals surface area contributed by atoms with Gasteiger partial charge in [-0.2, -0.15) is 0 Å². The second kappa shape index (κ2) is 4.52. The van der Waals surface area contributed by atoms with Crippen molar-refractivity contribution in [1.29, 1.82) is 0 Å². The molecule has 22 heavy (non-hydrogen) atoms. The number of H-pyrrole nitrogens is 1. The Labute approximate surface area is 131 Å². The number of aromatic nitrogens is 1. The number of aromatic carboxylic acids is 1. The number of methoxy groups -OCH3 is 1. The lowest BCUT2D eigenvalue weighted by molar-refractivity contribution is 0.0696. The van der Waals surface area contributed by atoms with Crippen LogP contribution in [0.1, 0.15) is 21.5 Å².